The van der Waals surface area contributed by atoms with E-state index in [-0.39, 0.29) is 11.8 Å². The molecule has 0 unspecified atom stereocenters. The first-order chi connectivity index (χ1) is 15.0. The highest BCUT2D eigenvalue weighted by Crippen LogP contribution is 2.25. The third-order valence-electron chi connectivity index (χ3n) is 5.44. The quantitative estimate of drug-likeness (QED) is 0.689. The Morgan fingerprint density at radius 1 is 1.03 bits per heavy atom. The lowest BCUT2D eigenvalue weighted by Gasteiger charge is -2.20. The zero-order valence-electron chi connectivity index (χ0n) is 17.8. The highest BCUT2D eigenvalue weighted by Gasteiger charge is 2.22. The molecule has 160 valence electrons. The van der Waals surface area contributed by atoms with E-state index in [1.54, 1.807) is 7.11 Å². The van der Waals surface area contributed by atoms with Gasteiger partial charge in [-0.25, -0.2) is 4.98 Å². The summed E-state index contributed by atoms with van der Waals surface area (Å²) < 4.78 is 7.32. The van der Waals surface area contributed by atoms with Crippen molar-refractivity contribution in [2.24, 2.45) is 0 Å². The minimum Gasteiger partial charge on any atom is -0.380 e. The van der Waals surface area contributed by atoms with E-state index in [0.29, 0.717) is 38.2 Å². The number of nitrogens with zero attached hydrogens (tertiary/aromatic N) is 3. The van der Waals surface area contributed by atoms with E-state index in [1.165, 1.54) is 6.92 Å². The van der Waals surface area contributed by atoms with Crippen molar-refractivity contribution in [3.8, 4) is 11.3 Å². The summed E-state index contributed by atoms with van der Waals surface area (Å²) in [6, 6.07) is 15.3. The van der Waals surface area contributed by atoms with E-state index in [9.17, 15) is 9.59 Å². The predicted molar refractivity (Wildman–Crippen MR) is 119 cm³/mol. The van der Waals surface area contributed by atoms with Gasteiger partial charge in [0.05, 0.1) is 18.5 Å². The van der Waals surface area contributed by atoms with Crippen molar-refractivity contribution in [1.29, 1.82) is 0 Å². The van der Waals surface area contributed by atoms with Gasteiger partial charge in [0.15, 0.2) is 0 Å². The van der Waals surface area contributed by atoms with Gasteiger partial charge in [-0.1, -0.05) is 24.3 Å². The van der Waals surface area contributed by atoms with Crippen LogP contribution < -0.4 is 5.32 Å². The first kappa shape index (κ1) is 20.8. The molecule has 7 heteroatoms. The fourth-order valence-corrected chi connectivity index (χ4v) is 3.88. The number of imidazole rings is 1. The fraction of sp³-hybridized carbons (Fsp3) is 0.292. The SMILES string of the molecule is COCc1ccc(C(=O)N2CCc3ncc(-c4ccc(NC(C)=O)cc4)n3CC2)cc1. The molecule has 7 nitrogen and oxygen atoms in total. The van der Waals surface area contributed by atoms with Crippen LogP contribution in [0.5, 0.6) is 0 Å². The van der Waals surface area contributed by atoms with Crippen LogP contribution in [0.1, 0.15) is 28.7 Å². The zero-order chi connectivity index (χ0) is 21.8. The van der Waals surface area contributed by atoms with Crippen molar-refractivity contribution in [3.05, 3.63) is 71.7 Å². The molecule has 2 amide bonds. The molecule has 4 rings (SSSR count). The van der Waals surface area contributed by atoms with E-state index in [1.807, 2.05) is 59.6 Å². The second-order valence-electron chi connectivity index (χ2n) is 7.64. The standard InChI is InChI=1S/C24H26N4O3/c1-17(29)26-21-9-7-19(8-10-21)22-15-25-23-11-12-27(13-14-28(22)23)24(30)20-5-3-18(4-6-20)16-31-2/h3-10,15H,11-14,16H2,1-2H3,(H,26,29). The Morgan fingerprint density at radius 3 is 2.45 bits per heavy atom. The number of methoxy groups -OCH3 is 1. The van der Waals surface area contributed by atoms with E-state index in [0.717, 1.165) is 28.3 Å². The molecule has 2 aromatic carbocycles. The molecule has 1 aliphatic rings. The van der Waals surface area contributed by atoms with Crippen molar-refractivity contribution in [2.45, 2.75) is 26.5 Å². The lowest BCUT2D eigenvalue weighted by atomic mass is 10.1. The summed E-state index contributed by atoms with van der Waals surface area (Å²) in [5.41, 5.74) is 4.54. The molecule has 0 fully saturated rings. The van der Waals surface area contributed by atoms with Crippen molar-refractivity contribution in [3.63, 3.8) is 0 Å². The van der Waals surface area contributed by atoms with Gasteiger partial charge >= 0.3 is 0 Å². The maximum atomic E-state index is 13.0. The molecule has 3 aromatic rings. The van der Waals surface area contributed by atoms with Crippen LogP contribution >= 0.6 is 0 Å². The van der Waals surface area contributed by atoms with Crippen molar-refractivity contribution >= 4 is 17.5 Å². The average Bonchev–Trinajstić information content (AvgIpc) is 3.05. The second-order valence-corrected chi connectivity index (χ2v) is 7.64. The van der Waals surface area contributed by atoms with Crippen LogP contribution in [0.3, 0.4) is 0 Å². The van der Waals surface area contributed by atoms with Gasteiger partial charge in [-0.05, 0) is 35.4 Å². The Bertz CT molecular complexity index is 1070. The Hall–Kier alpha value is -3.45. The van der Waals surface area contributed by atoms with Crippen LogP contribution in [0, 0.1) is 0 Å². The minimum absolute atomic E-state index is 0.0379. The molecular formula is C24H26N4O3. The van der Waals surface area contributed by atoms with Crippen LogP contribution in [-0.2, 0) is 29.1 Å². The lowest BCUT2D eigenvalue weighted by molar-refractivity contribution is -0.114. The summed E-state index contributed by atoms with van der Waals surface area (Å²) in [7, 11) is 1.66. The molecule has 2 heterocycles. The van der Waals surface area contributed by atoms with Gasteiger partial charge in [0, 0.05) is 51.3 Å². The van der Waals surface area contributed by atoms with E-state index in [4.69, 9.17) is 4.74 Å². The Labute approximate surface area is 181 Å². The Morgan fingerprint density at radius 2 is 1.77 bits per heavy atom. The number of aromatic nitrogens is 2. The predicted octanol–water partition coefficient (Wildman–Crippen LogP) is 3.35. The van der Waals surface area contributed by atoms with E-state index >= 15 is 0 Å². The number of anilines is 1. The number of carbonyl (C=O) groups excluding carboxylic acids is 2. The van der Waals surface area contributed by atoms with Gasteiger partial charge in [-0.2, -0.15) is 0 Å². The molecular weight excluding hydrogens is 392 g/mol. The van der Waals surface area contributed by atoms with Crippen LogP contribution in [0.25, 0.3) is 11.3 Å². The van der Waals surface area contributed by atoms with Crippen LogP contribution in [0.15, 0.2) is 54.7 Å². The minimum atomic E-state index is -0.0935. The molecule has 0 atom stereocenters. The number of carbonyl (C=O) groups is 2. The third-order valence-corrected chi connectivity index (χ3v) is 5.44. The molecule has 1 aromatic heterocycles. The molecule has 31 heavy (non-hydrogen) atoms. The summed E-state index contributed by atoms with van der Waals surface area (Å²) >= 11 is 0. The maximum absolute atomic E-state index is 13.0. The van der Waals surface area contributed by atoms with Gasteiger partial charge < -0.3 is 19.5 Å². The van der Waals surface area contributed by atoms with Crippen molar-refractivity contribution in [2.75, 3.05) is 25.5 Å². The van der Waals surface area contributed by atoms with Gasteiger partial charge in [0.1, 0.15) is 5.82 Å². The van der Waals surface area contributed by atoms with Crippen molar-refractivity contribution in [1.82, 2.24) is 14.5 Å². The van der Waals surface area contributed by atoms with Gasteiger partial charge in [0.2, 0.25) is 5.91 Å². The highest BCUT2D eigenvalue weighted by atomic mass is 16.5. The summed E-state index contributed by atoms with van der Waals surface area (Å²) in [4.78, 5) is 30.7. The highest BCUT2D eigenvalue weighted by molar-refractivity contribution is 5.94. The number of benzene rings is 2. The summed E-state index contributed by atoms with van der Waals surface area (Å²) in [6.07, 6.45) is 2.59. The number of rotatable bonds is 5. The molecule has 0 spiro atoms. The Balaban J connectivity index is 1.47. The average molecular weight is 418 g/mol. The lowest BCUT2D eigenvalue weighted by Crippen LogP contribution is -2.33. The fourth-order valence-electron chi connectivity index (χ4n) is 3.88. The van der Waals surface area contributed by atoms with E-state index in [2.05, 4.69) is 14.9 Å². The number of amides is 2. The summed E-state index contributed by atoms with van der Waals surface area (Å²) in [5, 5.41) is 2.78. The van der Waals surface area contributed by atoms with Crippen molar-refractivity contribution < 1.29 is 14.3 Å². The van der Waals surface area contributed by atoms with Crippen LogP contribution in [0.4, 0.5) is 5.69 Å². The van der Waals surface area contributed by atoms with Crippen LogP contribution in [-0.4, -0.2) is 46.5 Å². The Kier molecular flexibility index (Phi) is 6.13. The molecule has 0 saturated heterocycles. The first-order valence-electron chi connectivity index (χ1n) is 10.3. The monoisotopic (exact) mass is 418 g/mol. The molecule has 1 aliphatic heterocycles. The molecule has 0 saturated carbocycles. The number of fused-ring (bicyclic) bond motifs is 1. The second kappa shape index (κ2) is 9.14. The number of hydrogen-bond acceptors (Lipinski definition) is 4. The summed E-state index contributed by atoms with van der Waals surface area (Å²) in [5.74, 6) is 0.923. The third kappa shape index (κ3) is 4.67. The number of nitrogens with one attached hydrogen (secondary N) is 1. The van der Waals surface area contributed by atoms with Gasteiger partial charge in [-0.3, -0.25) is 9.59 Å². The first-order valence-corrected chi connectivity index (χ1v) is 10.3. The number of hydrogen-bond donors (Lipinski definition) is 1. The largest absolute Gasteiger partial charge is 0.380 e. The molecule has 0 aliphatic carbocycles. The van der Waals surface area contributed by atoms with Gasteiger partial charge in [0.25, 0.3) is 5.91 Å². The smallest absolute Gasteiger partial charge is 0.253 e. The van der Waals surface area contributed by atoms with Gasteiger partial charge in [-0.15, -0.1) is 0 Å². The normalized spacial score (nSPS) is 13.4. The topological polar surface area (TPSA) is 76.5 Å². The summed E-state index contributed by atoms with van der Waals surface area (Å²) in [6.45, 7) is 3.97. The maximum Gasteiger partial charge on any atom is 0.253 e. The molecule has 0 bridgehead atoms. The van der Waals surface area contributed by atoms with E-state index < -0.39 is 0 Å². The zero-order valence-corrected chi connectivity index (χ0v) is 17.8. The van der Waals surface area contributed by atoms with Crippen LogP contribution in [0.2, 0.25) is 0 Å². The molecule has 1 N–H and O–H groups in total. The molecule has 0 radical (unpaired) electrons. The number of ether oxygens (including phenoxy) is 1.